The van der Waals surface area contributed by atoms with E-state index in [2.05, 4.69) is 29.5 Å². The number of nitrogens with one attached hydrogen (secondary N) is 1. The summed E-state index contributed by atoms with van der Waals surface area (Å²) in [6, 6.07) is 0. The smallest absolute Gasteiger partial charge is 0.0926 e. The van der Waals surface area contributed by atoms with Crippen LogP contribution >= 0.6 is 11.3 Å². The fourth-order valence-electron chi connectivity index (χ4n) is 1.49. The van der Waals surface area contributed by atoms with Gasteiger partial charge in [0, 0.05) is 11.9 Å². The van der Waals surface area contributed by atoms with Crippen LogP contribution in [0.15, 0.2) is 5.38 Å². The monoisotopic (exact) mass is 226 g/mol. The van der Waals surface area contributed by atoms with Crippen molar-refractivity contribution in [1.82, 2.24) is 10.3 Å². The van der Waals surface area contributed by atoms with E-state index in [9.17, 15) is 0 Å². The highest BCUT2D eigenvalue weighted by atomic mass is 32.1. The number of aromatic nitrogens is 1. The van der Waals surface area contributed by atoms with Crippen LogP contribution in [0.2, 0.25) is 0 Å². The lowest BCUT2D eigenvalue weighted by Crippen LogP contribution is -2.14. The van der Waals surface area contributed by atoms with E-state index in [4.69, 9.17) is 0 Å². The van der Waals surface area contributed by atoms with Gasteiger partial charge in [-0.15, -0.1) is 11.3 Å². The summed E-state index contributed by atoms with van der Waals surface area (Å²) in [7, 11) is 0. The number of hydrogen-bond acceptors (Lipinski definition) is 3. The van der Waals surface area contributed by atoms with Gasteiger partial charge in [-0.05, 0) is 19.4 Å². The maximum absolute atomic E-state index is 4.52. The van der Waals surface area contributed by atoms with Crippen LogP contribution in [0.1, 0.15) is 50.2 Å². The second-order valence-corrected chi connectivity index (χ2v) is 4.77. The average Bonchev–Trinajstić information content (AvgIpc) is 2.71. The predicted molar refractivity (Wildman–Crippen MR) is 67.3 cm³/mol. The molecule has 15 heavy (non-hydrogen) atoms. The molecule has 0 fully saturated rings. The standard InChI is InChI=1S/C12H22N2S/c1-3-5-6-7-8-13-9-11-10-15-12(4-2)14-11/h10,13H,3-9H2,1-2H3. The molecule has 0 spiro atoms. The van der Waals surface area contributed by atoms with E-state index in [1.54, 1.807) is 11.3 Å². The molecule has 1 heterocycles. The number of aryl methyl sites for hydroxylation is 1. The molecule has 0 aliphatic rings. The Morgan fingerprint density at radius 1 is 1.27 bits per heavy atom. The summed E-state index contributed by atoms with van der Waals surface area (Å²) in [6.45, 7) is 6.46. The Kier molecular flexibility index (Phi) is 6.60. The fraction of sp³-hybridized carbons (Fsp3) is 0.750. The van der Waals surface area contributed by atoms with E-state index in [0.29, 0.717) is 0 Å². The number of rotatable bonds is 8. The topological polar surface area (TPSA) is 24.9 Å². The predicted octanol–water partition coefficient (Wildman–Crippen LogP) is 3.38. The Hall–Kier alpha value is -0.410. The van der Waals surface area contributed by atoms with E-state index >= 15 is 0 Å². The van der Waals surface area contributed by atoms with Crippen molar-refractivity contribution < 1.29 is 0 Å². The van der Waals surface area contributed by atoms with E-state index in [1.807, 2.05) is 0 Å². The van der Waals surface area contributed by atoms with Crippen molar-refractivity contribution >= 4 is 11.3 Å². The highest BCUT2D eigenvalue weighted by Gasteiger charge is 1.98. The molecule has 0 atom stereocenters. The normalized spacial score (nSPS) is 10.8. The molecule has 0 bridgehead atoms. The minimum absolute atomic E-state index is 0.933. The van der Waals surface area contributed by atoms with Gasteiger partial charge in [0.25, 0.3) is 0 Å². The first kappa shape index (κ1) is 12.7. The summed E-state index contributed by atoms with van der Waals surface area (Å²) in [5.74, 6) is 0. The quantitative estimate of drug-likeness (QED) is 0.687. The third-order valence-corrected chi connectivity index (χ3v) is 3.46. The van der Waals surface area contributed by atoms with Gasteiger partial charge in [-0.1, -0.05) is 33.1 Å². The van der Waals surface area contributed by atoms with Gasteiger partial charge < -0.3 is 5.32 Å². The Morgan fingerprint density at radius 2 is 2.13 bits per heavy atom. The Bertz CT molecular complexity index is 258. The van der Waals surface area contributed by atoms with Crippen molar-refractivity contribution in [3.05, 3.63) is 16.1 Å². The van der Waals surface area contributed by atoms with Gasteiger partial charge in [-0.25, -0.2) is 4.98 Å². The maximum atomic E-state index is 4.52. The largest absolute Gasteiger partial charge is 0.311 e. The molecule has 0 saturated heterocycles. The molecule has 1 aromatic heterocycles. The van der Waals surface area contributed by atoms with Gasteiger partial charge in [-0.3, -0.25) is 0 Å². The number of nitrogens with zero attached hydrogens (tertiary/aromatic N) is 1. The van der Waals surface area contributed by atoms with E-state index in [1.165, 1.54) is 36.4 Å². The van der Waals surface area contributed by atoms with Crippen molar-refractivity contribution in [3.63, 3.8) is 0 Å². The second kappa shape index (κ2) is 7.83. The van der Waals surface area contributed by atoms with Crippen LogP contribution in [0.5, 0.6) is 0 Å². The van der Waals surface area contributed by atoms with Gasteiger partial charge >= 0.3 is 0 Å². The van der Waals surface area contributed by atoms with E-state index < -0.39 is 0 Å². The first-order valence-electron chi connectivity index (χ1n) is 6.00. The van der Waals surface area contributed by atoms with Crippen LogP contribution in [0.25, 0.3) is 0 Å². The summed E-state index contributed by atoms with van der Waals surface area (Å²) in [4.78, 5) is 4.52. The third kappa shape index (κ3) is 5.28. The molecule has 1 aromatic rings. The molecule has 0 aliphatic heterocycles. The molecule has 86 valence electrons. The van der Waals surface area contributed by atoms with E-state index in [-0.39, 0.29) is 0 Å². The SMILES string of the molecule is CCCCCCNCc1csc(CC)n1. The fourth-order valence-corrected chi connectivity index (χ4v) is 2.23. The molecule has 3 heteroatoms. The Morgan fingerprint density at radius 3 is 2.80 bits per heavy atom. The maximum Gasteiger partial charge on any atom is 0.0926 e. The lowest BCUT2D eigenvalue weighted by Gasteiger charge is -2.01. The van der Waals surface area contributed by atoms with Gasteiger partial charge in [0.1, 0.15) is 0 Å². The first-order chi connectivity index (χ1) is 7.36. The lowest BCUT2D eigenvalue weighted by molar-refractivity contribution is 0.594. The highest BCUT2D eigenvalue weighted by Crippen LogP contribution is 2.09. The van der Waals surface area contributed by atoms with Crippen molar-refractivity contribution in [1.29, 1.82) is 0 Å². The number of unbranched alkanes of at least 4 members (excludes halogenated alkanes) is 3. The van der Waals surface area contributed by atoms with Crippen molar-refractivity contribution in [2.24, 2.45) is 0 Å². The lowest BCUT2D eigenvalue weighted by atomic mass is 10.2. The first-order valence-corrected chi connectivity index (χ1v) is 6.88. The minimum atomic E-state index is 0.933. The summed E-state index contributed by atoms with van der Waals surface area (Å²) >= 11 is 1.77. The van der Waals surface area contributed by atoms with Crippen LogP contribution in [0.3, 0.4) is 0 Å². The molecule has 0 saturated carbocycles. The zero-order valence-corrected chi connectivity index (χ0v) is 10.7. The van der Waals surface area contributed by atoms with Crippen molar-refractivity contribution in [3.8, 4) is 0 Å². The van der Waals surface area contributed by atoms with Crippen LogP contribution < -0.4 is 5.32 Å². The number of thiazole rings is 1. The van der Waals surface area contributed by atoms with Gasteiger partial charge in [0.15, 0.2) is 0 Å². The van der Waals surface area contributed by atoms with Gasteiger partial charge in [0.05, 0.1) is 10.7 Å². The zero-order valence-electron chi connectivity index (χ0n) is 9.88. The van der Waals surface area contributed by atoms with Crippen LogP contribution in [0, 0.1) is 0 Å². The highest BCUT2D eigenvalue weighted by molar-refractivity contribution is 7.09. The molecular weight excluding hydrogens is 204 g/mol. The van der Waals surface area contributed by atoms with Crippen LogP contribution in [-0.2, 0) is 13.0 Å². The second-order valence-electron chi connectivity index (χ2n) is 3.82. The van der Waals surface area contributed by atoms with Crippen molar-refractivity contribution in [2.45, 2.75) is 52.5 Å². The molecule has 1 N–H and O–H groups in total. The Balaban J connectivity index is 2.04. The molecule has 0 radical (unpaired) electrons. The Labute approximate surface area is 97.1 Å². The average molecular weight is 226 g/mol. The summed E-state index contributed by atoms with van der Waals surface area (Å²) in [5, 5.41) is 6.85. The van der Waals surface area contributed by atoms with Gasteiger partial charge in [0.2, 0.25) is 0 Å². The summed E-state index contributed by atoms with van der Waals surface area (Å²) in [5.41, 5.74) is 1.20. The molecule has 1 rings (SSSR count). The molecular formula is C12H22N2S. The molecule has 0 unspecified atom stereocenters. The third-order valence-electron chi connectivity index (χ3n) is 2.41. The summed E-state index contributed by atoms with van der Waals surface area (Å²) in [6.07, 6.45) is 6.37. The number of hydrogen-bond donors (Lipinski definition) is 1. The van der Waals surface area contributed by atoms with Crippen molar-refractivity contribution in [2.75, 3.05) is 6.54 Å². The minimum Gasteiger partial charge on any atom is -0.311 e. The molecule has 0 aliphatic carbocycles. The zero-order chi connectivity index (χ0) is 10.9. The van der Waals surface area contributed by atoms with Crippen LogP contribution in [0.4, 0.5) is 0 Å². The molecule has 0 aromatic carbocycles. The molecule has 2 nitrogen and oxygen atoms in total. The molecule has 0 amide bonds. The van der Waals surface area contributed by atoms with E-state index in [0.717, 1.165) is 19.5 Å². The van der Waals surface area contributed by atoms with Gasteiger partial charge in [-0.2, -0.15) is 0 Å². The summed E-state index contributed by atoms with van der Waals surface area (Å²) < 4.78 is 0. The van der Waals surface area contributed by atoms with Crippen LogP contribution in [-0.4, -0.2) is 11.5 Å².